The van der Waals surface area contributed by atoms with Gasteiger partial charge in [0.15, 0.2) is 11.6 Å². The summed E-state index contributed by atoms with van der Waals surface area (Å²) in [5.41, 5.74) is 1.63. The Bertz CT molecular complexity index is 890. The van der Waals surface area contributed by atoms with Crippen molar-refractivity contribution in [1.82, 2.24) is 15.1 Å². The number of hydrogen-bond donors (Lipinski definition) is 1. The van der Waals surface area contributed by atoms with Crippen molar-refractivity contribution >= 4 is 11.8 Å². The van der Waals surface area contributed by atoms with Crippen LogP contribution in [0.3, 0.4) is 0 Å². The first-order valence-corrected chi connectivity index (χ1v) is 9.32. The van der Waals surface area contributed by atoms with Crippen molar-refractivity contribution in [2.45, 2.75) is 25.0 Å². The molecule has 2 atom stereocenters. The molecule has 0 radical (unpaired) electrons. The zero-order valence-electron chi connectivity index (χ0n) is 15.3. The minimum atomic E-state index is -0.884. The highest BCUT2D eigenvalue weighted by atomic mass is 19.2. The van der Waals surface area contributed by atoms with E-state index in [0.29, 0.717) is 38.2 Å². The lowest BCUT2D eigenvalue weighted by molar-refractivity contribution is -0.153. The second kappa shape index (κ2) is 7.67. The van der Waals surface area contributed by atoms with Gasteiger partial charge in [-0.2, -0.15) is 0 Å². The summed E-state index contributed by atoms with van der Waals surface area (Å²) in [6.45, 7) is 1.78. The third-order valence-electron chi connectivity index (χ3n) is 5.34. The number of nitrogens with zero attached hydrogens (tertiary/aromatic N) is 2. The number of benzene rings is 2. The van der Waals surface area contributed by atoms with Gasteiger partial charge in [0.2, 0.25) is 11.8 Å². The molecule has 7 heteroatoms. The fourth-order valence-electron chi connectivity index (χ4n) is 3.89. The molecule has 0 unspecified atom stereocenters. The van der Waals surface area contributed by atoms with Crippen LogP contribution in [0.15, 0.2) is 48.5 Å². The van der Waals surface area contributed by atoms with Crippen LogP contribution in [-0.2, 0) is 22.6 Å². The van der Waals surface area contributed by atoms with Gasteiger partial charge in [0.25, 0.3) is 0 Å². The van der Waals surface area contributed by atoms with Crippen LogP contribution in [0.2, 0.25) is 0 Å². The summed E-state index contributed by atoms with van der Waals surface area (Å²) in [5, 5.41) is 2.85. The number of carbonyl (C=O) groups is 2. The Labute approximate surface area is 161 Å². The fraction of sp³-hybridized carbons (Fsp3) is 0.333. The summed E-state index contributed by atoms with van der Waals surface area (Å²) in [4.78, 5) is 29.1. The molecule has 146 valence electrons. The van der Waals surface area contributed by atoms with Crippen molar-refractivity contribution in [2.75, 3.05) is 19.6 Å². The first-order chi connectivity index (χ1) is 13.5. The monoisotopic (exact) mass is 385 g/mol. The number of nitrogens with one attached hydrogen (secondary N) is 1. The van der Waals surface area contributed by atoms with E-state index in [2.05, 4.69) is 5.32 Å². The van der Waals surface area contributed by atoms with E-state index in [1.165, 1.54) is 12.1 Å². The first-order valence-electron chi connectivity index (χ1n) is 9.32. The molecule has 2 aliphatic heterocycles. The molecule has 2 amide bonds. The highest BCUT2D eigenvalue weighted by Gasteiger charge is 2.43. The van der Waals surface area contributed by atoms with Gasteiger partial charge in [0.1, 0.15) is 12.1 Å². The van der Waals surface area contributed by atoms with Crippen molar-refractivity contribution in [3.63, 3.8) is 0 Å². The van der Waals surface area contributed by atoms with E-state index in [0.717, 1.165) is 11.6 Å². The highest BCUT2D eigenvalue weighted by Crippen LogP contribution is 2.20. The van der Waals surface area contributed by atoms with Crippen molar-refractivity contribution in [2.24, 2.45) is 0 Å². The molecule has 28 heavy (non-hydrogen) atoms. The maximum absolute atomic E-state index is 13.4. The number of hydrogen-bond acceptors (Lipinski definition) is 3. The van der Waals surface area contributed by atoms with Gasteiger partial charge in [0.05, 0.1) is 0 Å². The summed E-state index contributed by atoms with van der Waals surface area (Å²) in [6.07, 6.45) is 0.465. The zero-order valence-corrected chi connectivity index (χ0v) is 15.3. The van der Waals surface area contributed by atoms with Gasteiger partial charge < -0.3 is 10.2 Å². The van der Waals surface area contributed by atoms with Crippen LogP contribution in [0.5, 0.6) is 0 Å². The van der Waals surface area contributed by atoms with Gasteiger partial charge >= 0.3 is 0 Å². The standard InChI is InChI=1S/C21H21F2N3O2/c22-16-7-6-15(10-17(16)23)12-25-8-9-26-19(13-25)20(27)24-18(21(26)28)11-14-4-2-1-3-5-14/h1-7,10,18-19H,8-9,11-13H2,(H,24,27)/t18-,19-/m1/s1. The molecule has 2 saturated heterocycles. The Kier molecular flexibility index (Phi) is 5.09. The Hall–Kier alpha value is -2.80. The molecule has 2 aromatic rings. The van der Waals surface area contributed by atoms with E-state index in [1.54, 1.807) is 4.90 Å². The van der Waals surface area contributed by atoms with Gasteiger partial charge in [-0.15, -0.1) is 0 Å². The second-order valence-electron chi connectivity index (χ2n) is 7.28. The number of amides is 2. The molecule has 0 aliphatic carbocycles. The van der Waals surface area contributed by atoms with Crippen molar-refractivity contribution < 1.29 is 18.4 Å². The molecule has 1 N–H and O–H groups in total. The predicted octanol–water partition coefficient (Wildman–Crippen LogP) is 1.72. The van der Waals surface area contributed by atoms with E-state index in [1.807, 2.05) is 35.2 Å². The van der Waals surface area contributed by atoms with Crippen LogP contribution in [0.4, 0.5) is 8.78 Å². The molecule has 5 nitrogen and oxygen atoms in total. The molecule has 0 bridgehead atoms. The van der Waals surface area contributed by atoms with Gasteiger partial charge in [0, 0.05) is 32.6 Å². The van der Waals surface area contributed by atoms with Crippen molar-refractivity contribution in [3.05, 3.63) is 71.3 Å². The minimum Gasteiger partial charge on any atom is -0.342 e. The Balaban J connectivity index is 1.42. The quantitative estimate of drug-likeness (QED) is 0.872. The molecule has 4 rings (SSSR count). The molecular weight excluding hydrogens is 364 g/mol. The lowest BCUT2D eigenvalue weighted by atomic mass is 9.98. The zero-order chi connectivity index (χ0) is 19.7. The number of halogens is 2. The van der Waals surface area contributed by atoms with Crippen LogP contribution in [-0.4, -0.2) is 53.3 Å². The maximum atomic E-state index is 13.4. The summed E-state index contributed by atoms with van der Waals surface area (Å²) in [6, 6.07) is 12.3. The molecule has 2 fully saturated rings. The van der Waals surface area contributed by atoms with Crippen LogP contribution in [0.1, 0.15) is 11.1 Å². The molecule has 0 aromatic heterocycles. The normalized spacial score (nSPS) is 22.7. The Morgan fingerprint density at radius 1 is 0.964 bits per heavy atom. The van der Waals surface area contributed by atoms with E-state index in [-0.39, 0.29) is 11.8 Å². The molecular formula is C21H21F2N3O2. The minimum absolute atomic E-state index is 0.0686. The van der Waals surface area contributed by atoms with Crippen LogP contribution in [0.25, 0.3) is 0 Å². The summed E-state index contributed by atoms with van der Waals surface area (Å²) in [5.74, 6) is -2.00. The Morgan fingerprint density at radius 3 is 2.50 bits per heavy atom. The number of piperazine rings is 2. The third-order valence-corrected chi connectivity index (χ3v) is 5.34. The lowest BCUT2D eigenvalue weighted by Crippen LogP contribution is -2.69. The number of rotatable bonds is 4. The van der Waals surface area contributed by atoms with Gasteiger partial charge in [-0.3, -0.25) is 14.5 Å². The van der Waals surface area contributed by atoms with Crippen LogP contribution in [0, 0.1) is 11.6 Å². The van der Waals surface area contributed by atoms with Crippen LogP contribution >= 0.6 is 0 Å². The summed E-state index contributed by atoms with van der Waals surface area (Å²) < 4.78 is 26.5. The fourth-order valence-corrected chi connectivity index (χ4v) is 3.89. The Morgan fingerprint density at radius 2 is 1.75 bits per heavy atom. The average Bonchev–Trinajstić information content (AvgIpc) is 2.69. The summed E-state index contributed by atoms with van der Waals surface area (Å²) in [7, 11) is 0. The first kappa shape index (κ1) is 18.6. The van der Waals surface area contributed by atoms with E-state index in [4.69, 9.17) is 0 Å². The topological polar surface area (TPSA) is 52.7 Å². The van der Waals surface area contributed by atoms with Gasteiger partial charge in [-0.25, -0.2) is 8.78 Å². The predicted molar refractivity (Wildman–Crippen MR) is 99.2 cm³/mol. The van der Waals surface area contributed by atoms with Crippen molar-refractivity contribution in [1.29, 1.82) is 0 Å². The lowest BCUT2D eigenvalue weighted by Gasteiger charge is -2.45. The SMILES string of the molecule is O=C1N[C@H](Cc2ccccc2)C(=O)N2CCN(Cc3ccc(F)c(F)c3)C[C@H]12. The van der Waals surface area contributed by atoms with E-state index < -0.39 is 23.7 Å². The molecule has 0 saturated carbocycles. The van der Waals surface area contributed by atoms with Gasteiger partial charge in [-0.1, -0.05) is 36.4 Å². The second-order valence-corrected chi connectivity index (χ2v) is 7.28. The number of carbonyl (C=O) groups excluding carboxylic acids is 2. The van der Waals surface area contributed by atoms with E-state index in [9.17, 15) is 18.4 Å². The smallest absolute Gasteiger partial charge is 0.246 e. The van der Waals surface area contributed by atoms with E-state index >= 15 is 0 Å². The molecule has 2 aliphatic rings. The van der Waals surface area contributed by atoms with Crippen LogP contribution < -0.4 is 5.32 Å². The summed E-state index contributed by atoms with van der Waals surface area (Å²) >= 11 is 0. The molecule has 2 aromatic carbocycles. The highest BCUT2D eigenvalue weighted by molar-refractivity contribution is 5.97. The molecule has 0 spiro atoms. The third kappa shape index (κ3) is 3.75. The maximum Gasteiger partial charge on any atom is 0.246 e. The van der Waals surface area contributed by atoms with Crippen molar-refractivity contribution in [3.8, 4) is 0 Å². The number of fused-ring (bicyclic) bond motifs is 1. The largest absolute Gasteiger partial charge is 0.342 e. The van der Waals surface area contributed by atoms with Gasteiger partial charge in [-0.05, 0) is 23.3 Å². The average molecular weight is 385 g/mol. The molecule has 2 heterocycles.